The Balaban J connectivity index is 2.08. The predicted molar refractivity (Wildman–Crippen MR) is 61.0 cm³/mol. The van der Waals surface area contributed by atoms with Crippen LogP contribution < -0.4 is 0 Å². The van der Waals surface area contributed by atoms with Crippen LogP contribution in [0.2, 0.25) is 0 Å². The number of hydrogen-bond donors (Lipinski definition) is 0. The molecule has 0 heterocycles. The van der Waals surface area contributed by atoms with Crippen LogP contribution in [0.1, 0.15) is 30.1 Å². The summed E-state index contributed by atoms with van der Waals surface area (Å²) >= 11 is 0. The van der Waals surface area contributed by atoms with Crippen molar-refractivity contribution in [1.82, 2.24) is 4.90 Å². The highest BCUT2D eigenvalue weighted by molar-refractivity contribution is 5.97. The summed E-state index contributed by atoms with van der Waals surface area (Å²) in [5, 5.41) is 0. The van der Waals surface area contributed by atoms with Gasteiger partial charge in [-0.1, -0.05) is 6.92 Å². The molecule has 0 spiro atoms. The second-order valence-electron chi connectivity index (χ2n) is 4.34. The van der Waals surface area contributed by atoms with Gasteiger partial charge in [0.15, 0.2) is 5.78 Å². The number of Topliss-reactive ketones (excluding diaryl/α,β-unsaturated/α-hetero) is 1. The molecule has 0 bridgehead atoms. The fourth-order valence-electron chi connectivity index (χ4n) is 1.92. The lowest BCUT2D eigenvalue weighted by Gasteiger charge is -2.18. The van der Waals surface area contributed by atoms with Gasteiger partial charge in [0.1, 0.15) is 11.6 Å². The molecule has 1 aromatic rings. The van der Waals surface area contributed by atoms with E-state index in [-0.39, 0.29) is 17.9 Å². The average molecular weight is 239 g/mol. The number of halogens is 2. The van der Waals surface area contributed by atoms with Gasteiger partial charge in [0.05, 0.1) is 12.1 Å². The topological polar surface area (TPSA) is 20.3 Å². The Hall–Kier alpha value is -1.29. The zero-order valence-electron chi connectivity index (χ0n) is 9.75. The molecular weight excluding hydrogens is 224 g/mol. The maximum absolute atomic E-state index is 13.4. The number of rotatable bonds is 5. The maximum atomic E-state index is 13.4. The predicted octanol–water partition coefficient (Wildman–Crippen LogP) is 2.63. The fourth-order valence-corrected chi connectivity index (χ4v) is 1.92. The second kappa shape index (κ2) is 4.92. The van der Waals surface area contributed by atoms with Gasteiger partial charge in [-0.2, -0.15) is 0 Å². The fraction of sp³-hybridized carbons (Fsp3) is 0.462. The summed E-state index contributed by atoms with van der Waals surface area (Å²) in [6.07, 6.45) is 2.21. The van der Waals surface area contributed by atoms with Crippen molar-refractivity contribution in [2.45, 2.75) is 25.8 Å². The first-order valence-corrected chi connectivity index (χ1v) is 5.84. The van der Waals surface area contributed by atoms with Gasteiger partial charge in [-0.25, -0.2) is 8.78 Å². The Kier molecular flexibility index (Phi) is 3.52. The second-order valence-corrected chi connectivity index (χ2v) is 4.34. The van der Waals surface area contributed by atoms with Crippen molar-refractivity contribution in [3.05, 3.63) is 35.4 Å². The highest BCUT2D eigenvalue weighted by atomic mass is 19.1. The molecule has 0 aliphatic heterocycles. The van der Waals surface area contributed by atoms with Gasteiger partial charge in [-0.15, -0.1) is 0 Å². The summed E-state index contributed by atoms with van der Waals surface area (Å²) in [6, 6.07) is 3.55. The Morgan fingerprint density at radius 2 is 2.12 bits per heavy atom. The van der Waals surface area contributed by atoms with Crippen molar-refractivity contribution in [3.8, 4) is 0 Å². The third-order valence-corrected chi connectivity index (χ3v) is 3.05. The van der Waals surface area contributed by atoms with E-state index in [1.807, 2.05) is 11.8 Å². The molecule has 0 radical (unpaired) electrons. The number of likely N-dealkylation sites (N-methyl/N-ethyl adjacent to an activating group) is 1. The van der Waals surface area contributed by atoms with E-state index in [9.17, 15) is 13.6 Å². The van der Waals surface area contributed by atoms with Crippen molar-refractivity contribution >= 4 is 5.78 Å². The van der Waals surface area contributed by atoms with Crippen LogP contribution in [0.25, 0.3) is 0 Å². The zero-order chi connectivity index (χ0) is 12.4. The molecule has 17 heavy (non-hydrogen) atoms. The molecule has 1 fully saturated rings. The van der Waals surface area contributed by atoms with E-state index in [0.29, 0.717) is 6.04 Å². The minimum absolute atomic E-state index is 0.0227. The summed E-state index contributed by atoms with van der Waals surface area (Å²) in [4.78, 5) is 13.9. The third kappa shape index (κ3) is 2.88. The number of carbonyl (C=O) groups excluding carboxylic acids is 1. The number of nitrogens with zero attached hydrogens (tertiary/aromatic N) is 1. The first-order chi connectivity index (χ1) is 8.11. The minimum Gasteiger partial charge on any atom is -0.293 e. The normalized spacial score (nSPS) is 15.3. The molecule has 0 saturated heterocycles. The van der Waals surface area contributed by atoms with Gasteiger partial charge < -0.3 is 0 Å². The number of ketones is 1. The molecule has 1 aliphatic carbocycles. The van der Waals surface area contributed by atoms with Gasteiger partial charge >= 0.3 is 0 Å². The van der Waals surface area contributed by atoms with Gasteiger partial charge in [-0.05, 0) is 31.5 Å². The molecule has 1 aromatic carbocycles. The lowest BCUT2D eigenvalue weighted by molar-refractivity contribution is 0.0924. The molecule has 0 atom stereocenters. The highest BCUT2D eigenvalue weighted by Crippen LogP contribution is 2.26. The highest BCUT2D eigenvalue weighted by Gasteiger charge is 2.29. The molecule has 0 N–H and O–H groups in total. The van der Waals surface area contributed by atoms with E-state index < -0.39 is 11.6 Å². The van der Waals surface area contributed by atoms with Gasteiger partial charge in [0.2, 0.25) is 0 Å². The van der Waals surface area contributed by atoms with Crippen LogP contribution in [0.15, 0.2) is 18.2 Å². The zero-order valence-corrected chi connectivity index (χ0v) is 9.75. The Morgan fingerprint density at radius 1 is 1.41 bits per heavy atom. The molecule has 1 aliphatic rings. The van der Waals surface area contributed by atoms with E-state index >= 15 is 0 Å². The van der Waals surface area contributed by atoms with Crippen molar-refractivity contribution < 1.29 is 13.6 Å². The molecular formula is C13H15F2NO. The van der Waals surface area contributed by atoms with Crippen molar-refractivity contribution in [2.24, 2.45) is 0 Å². The van der Waals surface area contributed by atoms with Crippen molar-refractivity contribution in [3.63, 3.8) is 0 Å². The largest absolute Gasteiger partial charge is 0.293 e. The molecule has 92 valence electrons. The van der Waals surface area contributed by atoms with Crippen LogP contribution in [0.4, 0.5) is 8.78 Å². The summed E-state index contributed by atoms with van der Waals surface area (Å²) in [5.41, 5.74) is -0.0227. The quantitative estimate of drug-likeness (QED) is 0.736. The number of hydrogen-bond acceptors (Lipinski definition) is 2. The molecule has 0 unspecified atom stereocenters. The summed E-state index contributed by atoms with van der Waals surface area (Å²) in [7, 11) is 0. The molecule has 4 heteroatoms. The van der Waals surface area contributed by atoms with E-state index in [1.165, 1.54) is 6.07 Å². The van der Waals surface area contributed by atoms with Gasteiger partial charge in [0, 0.05) is 12.1 Å². The molecule has 2 rings (SSSR count). The first-order valence-electron chi connectivity index (χ1n) is 5.84. The summed E-state index contributed by atoms with van der Waals surface area (Å²) in [6.45, 7) is 2.97. The molecule has 1 saturated carbocycles. The Morgan fingerprint density at radius 3 is 2.65 bits per heavy atom. The molecule has 0 amide bonds. The van der Waals surface area contributed by atoms with Crippen LogP contribution in [-0.2, 0) is 0 Å². The van der Waals surface area contributed by atoms with E-state index in [4.69, 9.17) is 0 Å². The first kappa shape index (κ1) is 12.2. The summed E-state index contributed by atoms with van der Waals surface area (Å²) in [5.74, 6) is -1.72. The van der Waals surface area contributed by atoms with E-state index in [0.717, 1.165) is 31.5 Å². The van der Waals surface area contributed by atoms with E-state index in [1.54, 1.807) is 0 Å². The lowest BCUT2D eigenvalue weighted by Crippen LogP contribution is -2.32. The Labute approximate surface area is 99.2 Å². The smallest absolute Gasteiger partial charge is 0.179 e. The van der Waals surface area contributed by atoms with Crippen LogP contribution in [0.5, 0.6) is 0 Å². The SMILES string of the molecule is CCN(CC(=O)c1ccc(F)cc1F)C1CC1. The minimum atomic E-state index is -0.776. The summed E-state index contributed by atoms with van der Waals surface area (Å²) < 4.78 is 26.1. The average Bonchev–Trinajstić information content (AvgIpc) is 3.09. The van der Waals surface area contributed by atoms with Crippen LogP contribution in [0.3, 0.4) is 0 Å². The number of benzene rings is 1. The standard InChI is InChI=1S/C13H15F2NO/c1-2-16(10-4-5-10)8-13(17)11-6-3-9(14)7-12(11)15/h3,6-7,10H,2,4-5,8H2,1H3. The van der Waals surface area contributed by atoms with Crippen LogP contribution >= 0.6 is 0 Å². The monoisotopic (exact) mass is 239 g/mol. The van der Waals surface area contributed by atoms with Crippen LogP contribution in [-0.4, -0.2) is 29.8 Å². The van der Waals surface area contributed by atoms with E-state index in [2.05, 4.69) is 0 Å². The van der Waals surface area contributed by atoms with Crippen LogP contribution in [0, 0.1) is 11.6 Å². The van der Waals surface area contributed by atoms with Gasteiger partial charge in [0.25, 0.3) is 0 Å². The van der Waals surface area contributed by atoms with Crippen molar-refractivity contribution in [2.75, 3.05) is 13.1 Å². The number of carbonyl (C=O) groups is 1. The Bertz CT molecular complexity index is 429. The maximum Gasteiger partial charge on any atom is 0.179 e. The lowest BCUT2D eigenvalue weighted by atomic mass is 10.1. The molecule has 0 aromatic heterocycles. The van der Waals surface area contributed by atoms with Crippen molar-refractivity contribution in [1.29, 1.82) is 0 Å². The molecule has 2 nitrogen and oxygen atoms in total. The third-order valence-electron chi connectivity index (χ3n) is 3.05. The van der Waals surface area contributed by atoms with Gasteiger partial charge in [-0.3, -0.25) is 9.69 Å².